The van der Waals surface area contributed by atoms with Gasteiger partial charge in [-0.2, -0.15) is 0 Å². The number of allylic oxidation sites excluding steroid dienone is 1. The van der Waals surface area contributed by atoms with Gasteiger partial charge in [0.2, 0.25) is 0 Å². The van der Waals surface area contributed by atoms with E-state index in [2.05, 4.69) is 15.9 Å². The van der Waals surface area contributed by atoms with Gasteiger partial charge < -0.3 is 4.74 Å². The van der Waals surface area contributed by atoms with Crippen molar-refractivity contribution in [3.8, 4) is 11.1 Å². The maximum absolute atomic E-state index is 13.0. The standard InChI is InChI=1S/C22H17BrO3/c1-26-22(25)21-17-11-7-3-6-10-16(17)20(18(21)14-23)19(24)13-12-15-8-4-2-5-9-15/h2-13H,14H2,1H3/b13-12+. The van der Waals surface area contributed by atoms with Crippen molar-refractivity contribution >= 4 is 33.8 Å². The Morgan fingerprint density at radius 1 is 0.923 bits per heavy atom. The molecule has 26 heavy (non-hydrogen) atoms. The zero-order chi connectivity index (χ0) is 18.5. The highest BCUT2D eigenvalue weighted by Gasteiger charge is 2.29. The summed E-state index contributed by atoms with van der Waals surface area (Å²) in [6, 6.07) is 18.9. The van der Waals surface area contributed by atoms with E-state index in [1.807, 2.05) is 60.7 Å². The molecule has 0 unspecified atom stereocenters. The molecule has 0 bridgehead atoms. The Morgan fingerprint density at radius 3 is 2.08 bits per heavy atom. The Balaban J connectivity index is 2.15. The first-order valence-corrected chi connectivity index (χ1v) is 9.24. The summed E-state index contributed by atoms with van der Waals surface area (Å²) in [4.78, 5) is 25.3. The summed E-state index contributed by atoms with van der Waals surface area (Å²) in [6.45, 7) is 0. The van der Waals surface area contributed by atoms with Crippen LogP contribution in [0.15, 0.2) is 66.7 Å². The molecule has 2 aliphatic carbocycles. The van der Waals surface area contributed by atoms with E-state index < -0.39 is 5.97 Å². The molecule has 0 N–H and O–H groups in total. The molecule has 0 heterocycles. The molecule has 3 rings (SSSR count). The van der Waals surface area contributed by atoms with Gasteiger partial charge in [0.15, 0.2) is 5.78 Å². The summed E-state index contributed by atoms with van der Waals surface area (Å²) in [5.41, 5.74) is 4.02. The molecule has 0 saturated carbocycles. The summed E-state index contributed by atoms with van der Waals surface area (Å²) in [6.07, 6.45) is 3.32. The van der Waals surface area contributed by atoms with Gasteiger partial charge in [0.05, 0.1) is 12.7 Å². The number of hydrogen-bond acceptors (Lipinski definition) is 3. The van der Waals surface area contributed by atoms with E-state index in [-0.39, 0.29) is 5.78 Å². The van der Waals surface area contributed by atoms with Crippen molar-refractivity contribution in [3.63, 3.8) is 0 Å². The minimum Gasteiger partial charge on any atom is -0.465 e. The average molecular weight is 409 g/mol. The molecule has 3 nitrogen and oxygen atoms in total. The van der Waals surface area contributed by atoms with Crippen LogP contribution in [0.5, 0.6) is 0 Å². The van der Waals surface area contributed by atoms with Gasteiger partial charge in [0, 0.05) is 10.9 Å². The summed E-state index contributed by atoms with van der Waals surface area (Å²) < 4.78 is 4.95. The molecular weight excluding hydrogens is 392 g/mol. The number of rotatable bonds is 5. The zero-order valence-corrected chi connectivity index (χ0v) is 15.8. The molecule has 0 aromatic heterocycles. The normalized spacial score (nSPS) is 11.0. The van der Waals surface area contributed by atoms with E-state index in [0.29, 0.717) is 27.6 Å². The quantitative estimate of drug-likeness (QED) is 0.246. The van der Waals surface area contributed by atoms with E-state index in [0.717, 1.165) is 11.1 Å². The maximum Gasteiger partial charge on any atom is 0.338 e. The van der Waals surface area contributed by atoms with Crippen molar-refractivity contribution in [2.75, 3.05) is 7.11 Å². The lowest BCUT2D eigenvalue weighted by Crippen LogP contribution is -2.05. The van der Waals surface area contributed by atoms with Crippen LogP contribution in [0.1, 0.15) is 31.8 Å². The molecule has 2 aliphatic rings. The third-order valence-corrected chi connectivity index (χ3v) is 4.74. The predicted molar refractivity (Wildman–Crippen MR) is 107 cm³/mol. The van der Waals surface area contributed by atoms with Crippen LogP contribution in [0.3, 0.4) is 0 Å². The Bertz CT molecular complexity index is 945. The Morgan fingerprint density at radius 2 is 1.50 bits per heavy atom. The second kappa shape index (κ2) is 8.11. The topological polar surface area (TPSA) is 43.4 Å². The molecule has 0 spiro atoms. The Hall–Kier alpha value is -2.72. The lowest BCUT2D eigenvalue weighted by atomic mass is 10.0. The van der Waals surface area contributed by atoms with Crippen LogP contribution >= 0.6 is 15.9 Å². The number of methoxy groups -OCH3 is 1. The molecule has 0 saturated heterocycles. The third kappa shape index (κ3) is 3.46. The highest BCUT2D eigenvalue weighted by Crippen LogP contribution is 2.38. The SMILES string of the molecule is COC(=O)c1c2cccccc-2c(C(=O)/C=C/c2ccccc2)c1CBr. The molecule has 0 radical (unpaired) electrons. The number of halogens is 1. The smallest absolute Gasteiger partial charge is 0.338 e. The fraction of sp³-hybridized carbons (Fsp3) is 0.0909. The molecule has 1 aromatic rings. The van der Waals surface area contributed by atoms with E-state index in [1.165, 1.54) is 7.11 Å². The number of hydrogen-bond donors (Lipinski definition) is 0. The number of carbonyl (C=O) groups is 2. The van der Waals surface area contributed by atoms with Gasteiger partial charge in [-0.3, -0.25) is 4.79 Å². The van der Waals surface area contributed by atoms with Crippen molar-refractivity contribution in [3.05, 3.63) is 89.0 Å². The van der Waals surface area contributed by atoms with Crippen LogP contribution in [-0.2, 0) is 10.1 Å². The molecule has 0 fully saturated rings. The van der Waals surface area contributed by atoms with Gasteiger partial charge in [0.25, 0.3) is 0 Å². The average Bonchev–Trinajstić information content (AvgIpc) is 2.81. The number of carbonyl (C=O) groups excluding carboxylic acids is 2. The minimum atomic E-state index is -0.443. The van der Waals surface area contributed by atoms with Crippen LogP contribution in [-0.4, -0.2) is 18.9 Å². The molecule has 0 amide bonds. The van der Waals surface area contributed by atoms with Crippen molar-refractivity contribution in [2.45, 2.75) is 5.33 Å². The zero-order valence-electron chi connectivity index (χ0n) is 14.2. The first-order valence-electron chi connectivity index (χ1n) is 8.12. The summed E-state index contributed by atoms with van der Waals surface area (Å²) >= 11 is 3.43. The van der Waals surface area contributed by atoms with Crippen LogP contribution in [0.2, 0.25) is 0 Å². The predicted octanol–water partition coefficient (Wildman–Crippen LogP) is 5.37. The summed E-state index contributed by atoms with van der Waals surface area (Å²) in [5.74, 6) is -0.587. The lowest BCUT2D eigenvalue weighted by Gasteiger charge is -2.02. The third-order valence-electron chi connectivity index (χ3n) is 4.18. The van der Waals surface area contributed by atoms with Crippen molar-refractivity contribution in [1.82, 2.24) is 0 Å². The van der Waals surface area contributed by atoms with Crippen LogP contribution in [0, 0.1) is 0 Å². The van der Waals surface area contributed by atoms with Gasteiger partial charge >= 0.3 is 5.97 Å². The Kier molecular flexibility index (Phi) is 5.64. The number of fused-ring (bicyclic) bond motifs is 1. The van der Waals surface area contributed by atoms with Crippen LogP contribution in [0.4, 0.5) is 0 Å². The highest BCUT2D eigenvalue weighted by atomic mass is 79.9. The van der Waals surface area contributed by atoms with Gasteiger partial charge in [-0.05, 0) is 28.3 Å². The van der Waals surface area contributed by atoms with Crippen molar-refractivity contribution < 1.29 is 14.3 Å². The first kappa shape index (κ1) is 18.1. The number of esters is 1. The van der Waals surface area contributed by atoms with E-state index >= 15 is 0 Å². The van der Waals surface area contributed by atoms with Crippen LogP contribution < -0.4 is 0 Å². The molecular formula is C22H17BrO3. The van der Waals surface area contributed by atoms with Crippen molar-refractivity contribution in [2.24, 2.45) is 0 Å². The number of alkyl halides is 1. The van der Waals surface area contributed by atoms with Crippen LogP contribution in [0.25, 0.3) is 17.2 Å². The number of ketones is 1. The van der Waals surface area contributed by atoms with E-state index in [4.69, 9.17) is 4.74 Å². The fourth-order valence-electron chi connectivity index (χ4n) is 3.00. The minimum absolute atomic E-state index is 0.144. The molecule has 0 atom stereocenters. The highest BCUT2D eigenvalue weighted by molar-refractivity contribution is 9.08. The first-order chi connectivity index (χ1) is 12.7. The van der Waals surface area contributed by atoms with E-state index in [1.54, 1.807) is 12.2 Å². The Labute approximate surface area is 160 Å². The van der Waals surface area contributed by atoms with Gasteiger partial charge in [-0.15, -0.1) is 0 Å². The molecule has 4 heteroatoms. The number of benzene rings is 1. The summed E-state index contributed by atoms with van der Waals surface area (Å²) in [5, 5.41) is 0.385. The van der Waals surface area contributed by atoms with Gasteiger partial charge in [0.1, 0.15) is 0 Å². The summed E-state index contributed by atoms with van der Waals surface area (Å²) in [7, 11) is 1.35. The second-order valence-corrected chi connectivity index (χ2v) is 6.26. The van der Waals surface area contributed by atoms with Crippen molar-refractivity contribution in [1.29, 1.82) is 0 Å². The molecule has 0 aliphatic heterocycles. The van der Waals surface area contributed by atoms with E-state index in [9.17, 15) is 9.59 Å². The maximum atomic E-state index is 13.0. The van der Waals surface area contributed by atoms with Gasteiger partial charge in [-0.1, -0.05) is 82.7 Å². The van der Waals surface area contributed by atoms with Gasteiger partial charge in [-0.25, -0.2) is 4.79 Å². The monoisotopic (exact) mass is 408 g/mol. The largest absolute Gasteiger partial charge is 0.465 e. The fourth-order valence-corrected chi connectivity index (χ4v) is 3.56. The molecule has 1 aromatic carbocycles. The second-order valence-electron chi connectivity index (χ2n) is 5.70. The lowest BCUT2D eigenvalue weighted by molar-refractivity contribution is 0.0601. The number of ether oxygens (including phenoxy) is 1. The molecule has 130 valence electrons.